The van der Waals surface area contributed by atoms with Crippen molar-refractivity contribution in [3.05, 3.63) is 36.0 Å². The number of hydrogen-bond acceptors (Lipinski definition) is 3. The minimum absolute atomic E-state index is 0.0553. The van der Waals surface area contributed by atoms with E-state index in [9.17, 15) is 4.79 Å². The number of H-pyrrole nitrogens is 1. The van der Waals surface area contributed by atoms with Crippen LogP contribution in [0.15, 0.2) is 30.3 Å². The summed E-state index contributed by atoms with van der Waals surface area (Å²) in [4.78, 5) is 10.8. The Morgan fingerprint density at radius 2 is 2.17 bits per heavy atom. The molecule has 0 radical (unpaired) electrons. The van der Waals surface area contributed by atoms with Crippen LogP contribution < -0.4 is 0 Å². The van der Waals surface area contributed by atoms with Crippen LogP contribution in [0.2, 0.25) is 0 Å². The van der Waals surface area contributed by atoms with Crippen LogP contribution in [0.4, 0.5) is 0 Å². The predicted octanol–water partition coefficient (Wildman–Crippen LogP) is 1.66. The molecule has 0 unspecified atom stereocenters. The lowest BCUT2D eigenvalue weighted by Gasteiger charge is -1.90. The van der Waals surface area contributed by atoms with Crippen molar-refractivity contribution in [1.29, 1.82) is 0 Å². The number of aryl methyl sites for hydroxylation is 1. The zero-order valence-corrected chi connectivity index (χ0v) is 9.58. The summed E-state index contributed by atoms with van der Waals surface area (Å²) < 4.78 is 1.75. The number of carboxylic acids is 1. The van der Waals surface area contributed by atoms with Gasteiger partial charge in [-0.25, -0.2) is 4.79 Å². The molecule has 0 aliphatic carbocycles. The summed E-state index contributed by atoms with van der Waals surface area (Å²) in [5.41, 5.74) is 2.24. The summed E-state index contributed by atoms with van der Waals surface area (Å²) in [5.74, 6) is -1.03. The van der Waals surface area contributed by atoms with Crippen LogP contribution in [-0.2, 0) is 7.05 Å². The average Bonchev–Trinajstić information content (AvgIpc) is 2.95. The highest BCUT2D eigenvalue weighted by Crippen LogP contribution is 2.26. The van der Waals surface area contributed by atoms with E-state index in [1.807, 2.05) is 31.3 Å². The molecule has 2 aromatic heterocycles. The summed E-state index contributed by atoms with van der Waals surface area (Å²) in [7, 11) is 1.84. The van der Waals surface area contributed by atoms with Gasteiger partial charge in [-0.2, -0.15) is 10.2 Å². The van der Waals surface area contributed by atoms with Gasteiger partial charge in [0.05, 0.1) is 5.52 Å². The van der Waals surface area contributed by atoms with Crippen molar-refractivity contribution >= 4 is 16.9 Å². The van der Waals surface area contributed by atoms with E-state index in [4.69, 9.17) is 5.11 Å². The highest BCUT2D eigenvalue weighted by atomic mass is 16.4. The Labute approximate surface area is 102 Å². The maximum atomic E-state index is 10.8. The van der Waals surface area contributed by atoms with Gasteiger partial charge in [0.2, 0.25) is 0 Å². The molecule has 0 bridgehead atoms. The molecule has 0 saturated carbocycles. The van der Waals surface area contributed by atoms with Gasteiger partial charge in [-0.1, -0.05) is 18.2 Å². The van der Waals surface area contributed by atoms with Gasteiger partial charge in [0.1, 0.15) is 17.1 Å². The lowest BCUT2D eigenvalue weighted by molar-refractivity contribution is 0.0690. The van der Waals surface area contributed by atoms with E-state index in [1.54, 1.807) is 4.68 Å². The van der Waals surface area contributed by atoms with Gasteiger partial charge in [0.25, 0.3) is 0 Å². The number of benzene rings is 1. The molecule has 18 heavy (non-hydrogen) atoms. The number of aromatic amines is 1. The van der Waals surface area contributed by atoms with E-state index in [0.29, 0.717) is 11.4 Å². The van der Waals surface area contributed by atoms with Gasteiger partial charge < -0.3 is 5.11 Å². The Hall–Kier alpha value is -2.63. The quantitative estimate of drug-likeness (QED) is 0.715. The zero-order valence-electron chi connectivity index (χ0n) is 9.58. The molecule has 0 aliphatic heterocycles. The second-order valence-electron chi connectivity index (χ2n) is 3.96. The van der Waals surface area contributed by atoms with E-state index < -0.39 is 5.97 Å². The molecule has 0 fully saturated rings. The third-order valence-corrected chi connectivity index (χ3v) is 2.81. The maximum Gasteiger partial charge on any atom is 0.353 e. The fourth-order valence-corrected chi connectivity index (χ4v) is 1.96. The number of carboxylic acid groups (broad SMARTS) is 1. The third-order valence-electron chi connectivity index (χ3n) is 2.81. The summed E-state index contributed by atoms with van der Waals surface area (Å²) in [6.07, 6.45) is 0. The lowest BCUT2D eigenvalue weighted by Crippen LogP contribution is -1.95. The Balaban J connectivity index is 2.22. The van der Waals surface area contributed by atoms with Crippen LogP contribution in [-0.4, -0.2) is 31.1 Å². The first kappa shape index (κ1) is 10.5. The Kier molecular flexibility index (Phi) is 2.16. The molecule has 0 aliphatic rings. The molecule has 2 heterocycles. The summed E-state index contributed by atoms with van der Waals surface area (Å²) in [5, 5.41) is 20.7. The highest BCUT2D eigenvalue weighted by Gasteiger charge is 2.15. The number of aromatic carboxylic acids is 1. The topological polar surface area (TPSA) is 83.8 Å². The molecule has 1 aromatic carbocycles. The van der Waals surface area contributed by atoms with Crippen molar-refractivity contribution in [2.45, 2.75) is 0 Å². The number of nitrogens with zero attached hydrogens (tertiary/aromatic N) is 3. The molecule has 6 heteroatoms. The number of nitrogens with one attached hydrogen (secondary N) is 1. The first-order chi connectivity index (χ1) is 8.66. The van der Waals surface area contributed by atoms with Gasteiger partial charge >= 0.3 is 5.97 Å². The number of para-hydroxylation sites is 1. The molecule has 0 atom stereocenters. The minimum Gasteiger partial charge on any atom is -0.477 e. The molecule has 6 nitrogen and oxygen atoms in total. The summed E-state index contributed by atoms with van der Waals surface area (Å²) in [6, 6.07) is 9.22. The van der Waals surface area contributed by atoms with Crippen molar-refractivity contribution in [3.8, 4) is 11.4 Å². The molecule has 3 rings (SSSR count). The second-order valence-corrected chi connectivity index (χ2v) is 3.96. The monoisotopic (exact) mass is 242 g/mol. The van der Waals surface area contributed by atoms with E-state index in [1.165, 1.54) is 6.07 Å². The summed E-state index contributed by atoms with van der Waals surface area (Å²) in [6.45, 7) is 0. The van der Waals surface area contributed by atoms with Gasteiger partial charge in [0, 0.05) is 18.5 Å². The van der Waals surface area contributed by atoms with Crippen molar-refractivity contribution in [2.24, 2.45) is 7.05 Å². The molecule has 90 valence electrons. The highest BCUT2D eigenvalue weighted by molar-refractivity contribution is 5.94. The second kappa shape index (κ2) is 3.69. The van der Waals surface area contributed by atoms with Crippen molar-refractivity contribution in [1.82, 2.24) is 20.0 Å². The average molecular weight is 242 g/mol. The normalized spacial score (nSPS) is 10.9. The first-order valence-corrected chi connectivity index (χ1v) is 5.37. The van der Waals surface area contributed by atoms with Crippen LogP contribution in [0.3, 0.4) is 0 Å². The van der Waals surface area contributed by atoms with Gasteiger partial charge in [0.15, 0.2) is 0 Å². The predicted molar refractivity (Wildman–Crippen MR) is 65.3 cm³/mol. The Morgan fingerprint density at radius 1 is 1.39 bits per heavy atom. The van der Waals surface area contributed by atoms with Gasteiger partial charge in [-0.05, 0) is 6.07 Å². The minimum atomic E-state index is -1.03. The number of carbonyl (C=O) groups is 1. The van der Waals surface area contributed by atoms with Crippen LogP contribution in [0.1, 0.15) is 10.5 Å². The van der Waals surface area contributed by atoms with Crippen molar-refractivity contribution < 1.29 is 9.90 Å². The largest absolute Gasteiger partial charge is 0.477 e. The molecular weight excluding hydrogens is 232 g/mol. The standard InChI is InChI=1S/C12H10N4O2/c1-16-10-5-3-2-4-7(10)11(15-16)8-6-9(12(17)18)14-13-8/h2-6H,1H3,(H,13,14)(H,17,18). The molecular formula is C12H10N4O2. The number of aromatic nitrogens is 4. The van der Waals surface area contributed by atoms with E-state index in [-0.39, 0.29) is 5.69 Å². The van der Waals surface area contributed by atoms with E-state index in [2.05, 4.69) is 15.3 Å². The molecule has 3 aromatic rings. The third kappa shape index (κ3) is 1.46. The smallest absolute Gasteiger partial charge is 0.353 e. The molecule has 0 spiro atoms. The number of fused-ring (bicyclic) bond motifs is 1. The molecule has 0 amide bonds. The maximum absolute atomic E-state index is 10.8. The van der Waals surface area contributed by atoms with Gasteiger partial charge in [-0.15, -0.1) is 0 Å². The summed E-state index contributed by atoms with van der Waals surface area (Å²) >= 11 is 0. The Morgan fingerprint density at radius 3 is 2.89 bits per heavy atom. The van der Waals surface area contributed by atoms with Crippen LogP contribution in [0.25, 0.3) is 22.3 Å². The molecule has 2 N–H and O–H groups in total. The van der Waals surface area contributed by atoms with Crippen molar-refractivity contribution in [2.75, 3.05) is 0 Å². The fraction of sp³-hybridized carbons (Fsp3) is 0.0833. The fourth-order valence-electron chi connectivity index (χ4n) is 1.96. The van der Waals surface area contributed by atoms with E-state index >= 15 is 0 Å². The molecule has 0 saturated heterocycles. The van der Waals surface area contributed by atoms with Crippen LogP contribution in [0.5, 0.6) is 0 Å². The number of rotatable bonds is 2. The number of hydrogen-bond donors (Lipinski definition) is 2. The Bertz CT molecular complexity index is 741. The first-order valence-electron chi connectivity index (χ1n) is 5.37. The van der Waals surface area contributed by atoms with Crippen LogP contribution >= 0.6 is 0 Å². The van der Waals surface area contributed by atoms with Crippen molar-refractivity contribution in [3.63, 3.8) is 0 Å². The SMILES string of the molecule is Cn1nc(-c2cc(C(=O)O)[nH]n2)c2ccccc21. The zero-order chi connectivity index (χ0) is 12.7. The van der Waals surface area contributed by atoms with Crippen LogP contribution in [0, 0.1) is 0 Å². The van der Waals surface area contributed by atoms with Gasteiger partial charge in [-0.3, -0.25) is 9.78 Å². The van der Waals surface area contributed by atoms with E-state index in [0.717, 1.165) is 10.9 Å². The lowest BCUT2D eigenvalue weighted by atomic mass is 10.1.